The first-order valence-electron chi connectivity index (χ1n) is 6.28. The van der Waals surface area contributed by atoms with E-state index in [1.54, 1.807) is 0 Å². The zero-order valence-electron chi connectivity index (χ0n) is 10.4. The van der Waals surface area contributed by atoms with Gasteiger partial charge in [0.05, 0.1) is 23.9 Å². The first-order chi connectivity index (χ1) is 8.13. The van der Waals surface area contributed by atoms with Gasteiger partial charge in [-0.2, -0.15) is 0 Å². The van der Waals surface area contributed by atoms with Crippen LogP contribution in [0.1, 0.15) is 50.5 Å². The second-order valence-electron chi connectivity index (χ2n) is 4.78. The number of aliphatic carboxylic acids is 1. The van der Waals surface area contributed by atoms with Crippen molar-refractivity contribution in [1.29, 1.82) is 0 Å². The highest BCUT2D eigenvalue weighted by atomic mass is 16.4. The summed E-state index contributed by atoms with van der Waals surface area (Å²) in [5, 5.41) is 17.0. The van der Waals surface area contributed by atoms with Gasteiger partial charge in [-0.15, -0.1) is 5.10 Å². The van der Waals surface area contributed by atoms with Gasteiger partial charge in [-0.3, -0.25) is 4.79 Å². The van der Waals surface area contributed by atoms with Gasteiger partial charge in [0.15, 0.2) is 0 Å². The summed E-state index contributed by atoms with van der Waals surface area (Å²) in [6, 6.07) is 0.341. The zero-order chi connectivity index (χ0) is 12.4. The SMILES string of the molecule is CCc1c(CC(=O)O)nnn1C(C)C1CCC1. The van der Waals surface area contributed by atoms with Crippen molar-refractivity contribution in [2.45, 2.75) is 52.0 Å². The molecule has 0 bridgehead atoms. The van der Waals surface area contributed by atoms with Crippen LogP contribution in [0, 0.1) is 5.92 Å². The van der Waals surface area contributed by atoms with Crippen LogP contribution in [0.3, 0.4) is 0 Å². The average Bonchev–Trinajstić information content (AvgIpc) is 2.56. The van der Waals surface area contributed by atoms with E-state index in [2.05, 4.69) is 17.2 Å². The highest BCUT2D eigenvalue weighted by Gasteiger charge is 2.28. The predicted octanol–water partition coefficient (Wildman–Crippen LogP) is 1.83. The number of carbonyl (C=O) groups is 1. The fraction of sp³-hybridized carbons (Fsp3) is 0.750. The summed E-state index contributed by atoms with van der Waals surface area (Å²) in [6.07, 6.45) is 4.55. The Morgan fingerprint density at radius 1 is 1.59 bits per heavy atom. The molecule has 0 spiro atoms. The molecule has 0 saturated heterocycles. The van der Waals surface area contributed by atoms with Gasteiger partial charge in [-0.05, 0) is 32.1 Å². The number of hydrogen-bond donors (Lipinski definition) is 1. The molecular weight excluding hydrogens is 218 g/mol. The van der Waals surface area contributed by atoms with E-state index in [0.29, 0.717) is 17.7 Å². The maximum Gasteiger partial charge on any atom is 0.309 e. The molecule has 94 valence electrons. The Morgan fingerprint density at radius 3 is 2.76 bits per heavy atom. The summed E-state index contributed by atoms with van der Waals surface area (Å²) in [6.45, 7) is 4.18. The molecule has 1 aromatic heterocycles. The first-order valence-corrected chi connectivity index (χ1v) is 6.28. The number of rotatable bonds is 5. The van der Waals surface area contributed by atoms with Crippen molar-refractivity contribution in [3.05, 3.63) is 11.4 Å². The summed E-state index contributed by atoms with van der Waals surface area (Å²) in [7, 11) is 0. The third-order valence-electron chi connectivity index (χ3n) is 3.74. The van der Waals surface area contributed by atoms with E-state index in [1.165, 1.54) is 19.3 Å². The van der Waals surface area contributed by atoms with E-state index >= 15 is 0 Å². The Bertz CT molecular complexity index is 410. The monoisotopic (exact) mass is 237 g/mol. The Labute approximate surface area is 101 Å². The predicted molar refractivity (Wildman–Crippen MR) is 62.8 cm³/mol. The summed E-state index contributed by atoms with van der Waals surface area (Å²) >= 11 is 0. The molecule has 2 rings (SSSR count). The van der Waals surface area contributed by atoms with Crippen LogP contribution in [0.15, 0.2) is 0 Å². The van der Waals surface area contributed by atoms with E-state index in [-0.39, 0.29) is 6.42 Å². The van der Waals surface area contributed by atoms with Crippen LogP contribution in [0.4, 0.5) is 0 Å². The Kier molecular flexibility index (Phi) is 3.45. The maximum atomic E-state index is 10.7. The molecule has 1 aliphatic rings. The van der Waals surface area contributed by atoms with Gasteiger partial charge in [-0.1, -0.05) is 18.6 Å². The van der Waals surface area contributed by atoms with Crippen molar-refractivity contribution < 1.29 is 9.90 Å². The minimum Gasteiger partial charge on any atom is -0.481 e. The average molecular weight is 237 g/mol. The lowest BCUT2D eigenvalue weighted by atomic mass is 9.80. The number of nitrogens with zero attached hydrogens (tertiary/aromatic N) is 3. The normalized spacial score (nSPS) is 17.8. The van der Waals surface area contributed by atoms with Gasteiger partial charge in [0.2, 0.25) is 0 Å². The van der Waals surface area contributed by atoms with Crippen LogP contribution in [-0.4, -0.2) is 26.1 Å². The molecule has 5 heteroatoms. The summed E-state index contributed by atoms with van der Waals surface area (Å²) in [4.78, 5) is 10.7. The van der Waals surface area contributed by atoms with Crippen LogP contribution in [-0.2, 0) is 17.6 Å². The molecule has 1 unspecified atom stereocenters. The fourth-order valence-corrected chi connectivity index (χ4v) is 2.44. The molecule has 1 heterocycles. The van der Waals surface area contributed by atoms with E-state index in [1.807, 2.05) is 11.6 Å². The standard InChI is InChI=1S/C12H19N3O2/c1-3-11-10(7-12(16)17)13-14-15(11)8(2)9-5-4-6-9/h8-9H,3-7H2,1-2H3,(H,16,17). The lowest BCUT2D eigenvalue weighted by Crippen LogP contribution is -2.25. The fourth-order valence-electron chi connectivity index (χ4n) is 2.44. The van der Waals surface area contributed by atoms with Gasteiger partial charge in [0.25, 0.3) is 0 Å². The number of hydrogen-bond acceptors (Lipinski definition) is 3. The summed E-state index contributed by atoms with van der Waals surface area (Å²) in [5.74, 6) is -0.164. The van der Waals surface area contributed by atoms with Gasteiger partial charge in [0, 0.05) is 0 Å². The maximum absolute atomic E-state index is 10.7. The molecule has 0 amide bonds. The van der Waals surface area contributed by atoms with E-state index in [9.17, 15) is 4.79 Å². The third kappa shape index (κ3) is 2.33. The molecule has 1 aromatic rings. The molecule has 5 nitrogen and oxygen atoms in total. The molecule has 0 aliphatic heterocycles. The van der Waals surface area contributed by atoms with Crippen molar-refractivity contribution >= 4 is 5.97 Å². The molecule has 17 heavy (non-hydrogen) atoms. The van der Waals surface area contributed by atoms with Crippen molar-refractivity contribution in [3.8, 4) is 0 Å². The highest BCUT2D eigenvalue weighted by Crippen LogP contribution is 2.36. The molecule has 1 N–H and O–H groups in total. The van der Waals surface area contributed by atoms with Crippen molar-refractivity contribution in [3.63, 3.8) is 0 Å². The van der Waals surface area contributed by atoms with E-state index < -0.39 is 5.97 Å². The van der Waals surface area contributed by atoms with E-state index in [4.69, 9.17) is 5.11 Å². The van der Waals surface area contributed by atoms with Crippen LogP contribution in [0.2, 0.25) is 0 Å². The lowest BCUT2D eigenvalue weighted by Gasteiger charge is -2.32. The molecule has 1 atom stereocenters. The van der Waals surface area contributed by atoms with E-state index in [0.717, 1.165) is 12.1 Å². The Hall–Kier alpha value is -1.39. The zero-order valence-corrected chi connectivity index (χ0v) is 10.4. The van der Waals surface area contributed by atoms with Gasteiger partial charge in [0.1, 0.15) is 0 Å². The van der Waals surface area contributed by atoms with Crippen LogP contribution in [0.25, 0.3) is 0 Å². The second kappa shape index (κ2) is 4.85. The molecule has 0 radical (unpaired) electrons. The smallest absolute Gasteiger partial charge is 0.309 e. The quantitative estimate of drug-likeness (QED) is 0.848. The molecule has 1 fully saturated rings. The highest BCUT2D eigenvalue weighted by molar-refractivity contribution is 5.69. The lowest BCUT2D eigenvalue weighted by molar-refractivity contribution is -0.136. The molecule has 1 saturated carbocycles. The summed E-state index contributed by atoms with van der Waals surface area (Å²) < 4.78 is 1.93. The molecular formula is C12H19N3O2. The molecule has 0 aromatic carbocycles. The van der Waals surface area contributed by atoms with Crippen LogP contribution >= 0.6 is 0 Å². The first kappa shape index (κ1) is 12.1. The number of aromatic nitrogens is 3. The molecule has 1 aliphatic carbocycles. The second-order valence-corrected chi connectivity index (χ2v) is 4.78. The number of carboxylic acids is 1. The topological polar surface area (TPSA) is 68.0 Å². The van der Waals surface area contributed by atoms with Crippen molar-refractivity contribution in [2.24, 2.45) is 5.92 Å². The van der Waals surface area contributed by atoms with Crippen LogP contribution < -0.4 is 0 Å². The van der Waals surface area contributed by atoms with Gasteiger partial charge >= 0.3 is 5.97 Å². The third-order valence-corrected chi connectivity index (χ3v) is 3.74. The Morgan fingerprint density at radius 2 is 2.29 bits per heavy atom. The van der Waals surface area contributed by atoms with Crippen LogP contribution in [0.5, 0.6) is 0 Å². The van der Waals surface area contributed by atoms with Crippen molar-refractivity contribution in [1.82, 2.24) is 15.0 Å². The minimum absolute atomic E-state index is 0.0272. The van der Waals surface area contributed by atoms with Crippen molar-refractivity contribution in [2.75, 3.05) is 0 Å². The summed E-state index contributed by atoms with van der Waals surface area (Å²) in [5.41, 5.74) is 1.60. The minimum atomic E-state index is -0.844. The number of carboxylic acid groups (broad SMARTS) is 1. The van der Waals surface area contributed by atoms with Gasteiger partial charge in [-0.25, -0.2) is 4.68 Å². The Balaban J connectivity index is 2.21. The largest absolute Gasteiger partial charge is 0.481 e. The van der Waals surface area contributed by atoms with Gasteiger partial charge < -0.3 is 5.11 Å².